The van der Waals surface area contributed by atoms with Gasteiger partial charge in [-0.2, -0.15) is 0 Å². The number of hydrogen-bond donors (Lipinski definition) is 1. The van der Waals surface area contributed by atoms with Gasteiger partial charge in [-0.05, 0) is 85.2 Å². The van der Waals surface area contributed by atoms with Crippen molar-refractivity contribution in [2.75, 3.05) is 6.26 Å². The number of nitrogens with zero attached hydrogens (tertiary/aromatic N) is 3. The average Bonchev–Trinajstić information content (AvgIpc) is 3.30. The molecule has 0 radical (unpaired) electrons. The van der Waals surface area contributed by atoms with E-state index in [4.69, 9.17) is 15.0 Å². The first-order chi connectivity index (χ1) is 27.6. The predicted molar refractivity (Wildman–Crippen MR) is 235 cm³/mol. The standard InChI is InChI=1S/C52H43N3S/c1-56(46-28-14-5-15-29-46,47-30-16-6-17-31-47,48-32-18-7-19-33-48)49-34-20-27-42(38-49)44-35-43(39-21-8-2-9-22-39)36-45(37-44)52-54-50(40-23-10-3-11-24-40)53-51(55-52)41-25-12-4-13-26-41/h2-3,5-12,14-38,56H,4,13H2,1H3. The largest absolute Gasteiger partial charge is 0.208 e. The fourth-order valence-corrected chi connectivity index (χ4v) is 13.6. The Morgan fingerprint density at radius 3 is 1.32 bits per heavy atom. The van der Waals surface area contributed by atoms with Crippen molar-refractivity contribution in [3.05, 3.63) is 218 Å². The topological polar surface area (TPSA) is 38.7 Å². The molecule has 1 aliphatic rings. The second-order valence-corrected chi connectivity index (χ2v) is 19.8. The number of hydrogen-bond acceptors (Lipinski definition) is 3. The van der Waals surface area contributed by atoms with Crippen LogP contribution in [0.4, 0.5) is 0 Å². The zero-order valence-corrected chi connectivity index (χ0v) is 32.3. The van der Waals surface area contributed by atoms with E-state index in [1.807, 2.05) is 18.2 Å². The summed E-state index contributed by atoms with van der Waals surface area (Å²) in [5, 5.41) is 0. The van der Waals surface area contributed by atoms with Crippen LogP contribution in [-0.4, -0.2) is 21.2 Å². The molecule has 0 fully saturated rings. The fourth-order valence-electron chi connectivity index (χ4n) is 8.18. The molecule has 1 aromatic heterocycles. The van der Waals surface area contributed by atoms with Gasteiger partial charge in [0.1, 0.15) is 0 Å². The summed E-state index contributed by atoms with van der Waals surface area (Å²) >= 11 is 0. The molecule has 1 heterocycles. The highest BCUT2D eigenvalue weighted by molar-refractivity contribution is 8.49. The van der Waals surface area contributed by atoms with E-state index >= 15 is 0 Å². The van der Waals surface area contributed by atoms with E-state index in [0.29, 0.717) is 17.5 Å². The van der Waals surface area contributed by atoms with Gasteiger partial charge in [0.2, 0.25) is 0 Å². The van der Waals surface area contributed by atoms with Gasteiger partial charge in [0.05, 0.1) is 0 Å². The van der Waals surface area contributed by atoms with Gasteiger partial charge in [-0.25, -0.2) is 24.1 Å². The Morgan fingerprint density at radius 1 is 0.357 bits per heavy atom. The SMILES string of the molecule is C[SH](c1ccccc1)(c1ccccc1)(c1ccccc1)c1cccc(-c2cc(-c3ccccc3)cc(-c3nc(C4=CCCC=C4)nc(-c4ccccc4)n3)c2)c1. The van der Waals surface area contributed by atoms with Crippen LogP contribution in [0.3, 0.4) is 0 Å². The van der Waals surface area contributed by atoms with Crippen LogP contribution in [0.5, 0.6) is 0 Å². The van der Waals surface area contributed by atoms with E-state index in [0.717, 1.165) is 51.8 Å². The molecule has 0 saturated carbocycles. The van der Waals surface area contributed by atoms with Gasteiger partial charge in [0, 0.05) is 16.7 Å². The maximum absolute atomic E-state index is 5.17. The second kappa shape index (κ2) is 14.9. The zero-order chi connectivity index (χ0) is 37.8. The van der Waals surface area contributed by atoms with E-state index in [9.17, 15) is 0 Å². The van der Waals surface area contributed by atoms with Gasteiger partial charge in [-0.15, -0.1) is 0 Å². The molecule has 1 aliphatic carbocycles. The molecule has 3 nitrogen and oxygen atoms in total. The van der Waals surface area contributed by atoms with Gasteiger partial charge in [-0.3, -0.25) is 0 Å². The Balaban J connectivity index is 1.29. The van der Waals surface area contributed by atoms with Crippen LogP contribution in [0.25, 0.3) is 50.6 Å². The first-order valence-electron chi connectivity index (χ1n) is 19.3. The molecule has 8 aromatic rings. The van der Waals surface area contributed by atoms with Crippen LogP contribution in [0.2, 0.25) is 0 Å². The van der Waals surface area contributed by atoms with Crippen molar-refractivity contribution in [3.8, 4) is 45.0 Å². The zero-order valence-electron chi connectivity index (χ0n) is 31.4. The summed E-state index contributed by atoms with van der Waals surface area (Å²) in [6, 6.07) is 70.2. The van der Waals surface area contributed by atoms with Crippen molar-refractivity contribution in [2.24, 2.45) is 0 Å². The highest BCUT2D eigenvalue weighted by Crippen LogP contribution is 2.87. The van der Waals surface area contributed by atoms with E-state index in [2.05, 4.69) is 200 Å². The lowest BCUT2D eigenvalue weighted by molar-refractivity contribution is 1.01. The molecule has 7 aromatic carbocycles. The lowest BCUT2D eigenvalue weighted by Crippen LogP contribution is -2.19. The Kier molecular flexibility index (Phi) is 9.34. The summed E-state index contributed by atoms with van der Waals surface area (Å²) in [7, 11) is -3.27. The molecular formula is C52H43N3S. The maximum Gasteiger partial charge on any atom is 0.164 e. The average molecular weight is 742 g/mol. The number of benzene rings is 7. The second-order valence-electron chi connectivity index (χ2n) is 14.6. The molecule has 4 heteroatoms. The highest BCUT2D eigenvalue weighted by atomic mass is 32.3. The summed E-state index contributed by atoms with van der Waals surface area (Å²) < 4.78 is 0. The Morgan fingerprint density at radius 2 is 0.786 bits per heavy atom. The fraction of sp³-hybridized carbons (Fsp3) is 0.0577. The molecule has 0 spiro atoms. The molecule has 56 heavy (non-hydrogen) atoms. The van der Waals surface area contributed by atoms with Gasteiger partial charge < -0.3 is 0 Å². The molecule has 0 saturated heterocycles. The van der Waals surface area contributed by atoms with Crippen molar-refractivity contribution in [3.63, 3.8) is 0 Å². The van der Waals surface area contributed by atoms with Crippen LogP contribution in [0.1, 0.15) is 18.7 Å². The molecule has 272 valence electrons. The Labute approximate surface area is 330 Å². The predicted octanol–water partition coefficient (Wildman–Crippen LogP) is 13.5. The van der Waals surface area contributed by atoms with Gasteiger partial charge in [0.25, 0.3) is 0 Å². The summed E-state index contributed by atoms with van der Waals surface area (Å²) in [4.78, 5) is 20.6. The minimum absolute atomic E-state index is 0.650. The smallest absolute Gasteiger partial charge is 0.164 e. The van der Waals surface area contributed by atoms with E-state index < -0.39 is 9.16 Å². The normalized spacial score (nSPS) is 13.4. The Hall–Kier alpha value is -6.62. The number of allylic oxidation sites excluding steroid dienone is 4. The molecule has 0 aliphatic heterocycles. The third kappa shape index (κ3) is 6.28. The van der Waals surface area contributed by atoms with Gasteiger partial charge in [-0.1, -0.05) is 188 Å². The molecule has 0 bridgehead atoms. The monoisotopic (exact) mass is 741 g/mol. The number of thiol groups is 1. The minimum Gasteiger partial charge on any atom is -0.208 e. The van der Waals surface area contributed by atoms with E-state index in [1.165, 1.54) is 19.6 Å². The Bertz CT molecular complexity index is 2590. The van der Waals surface area contributed by atoms with Crippen molar-refractivity contribution in [1.29, 1.82) is 0 Å². The van der Waals surface area contributed by atoms with Crippen molar-refractivity contribution < 1.29 is 0 Å². The van der Waals surface area contributed by atoms with E-state index in [1.54, 1.807) is 0 Å². The molecule has 0 N–H and O–H groups in total. The lowest BCUT2D eigenvalue weighted by atomic mass is 9.95. The first kappa shape index (κ1) is 35.1. The molecular weight excluding hydrogens is 699 g/mol. The number of rotatable bonds is 9. The van der Waals surface area contributed by atoms with Crippen molar-refractivity contribution >= 4 is 14.7 Å². The third-order valence-electron chi connectivity index (χ3n) is 11.2. The summed E-state index contributed by atoms with van der Waals surface area (Å²) in [6.45, 7) is 0. The lowest BCUT2D eigenvalue weighted by Gasteiger charge is -2.60. The van der Waals surface area contributed by atoms with Crippen LogP contribution >= 0.6 is 9.16 Å². The third-order valence-corrected chi connectivity index (χ3v) is 17.6. The highest BCUT2D eigenvalue weighted by Gasteiger charge is 2.44. The van der Waals surface area contributed by atoms with Crippen LogP contribution in [0, 0.1) is 0 Å². The van der Waals surface area contributed by atoms with Crippen molar-refractivity contribution in [1.82, 2.24) is 15.0 Å². The van der Waals surface area contributed by atoms with Crippen molar-refractivity contribution in [2.45, 2.75) is 32.4 Å². The minimum atomic E-state index is -3.27. The molecule has 0 amide bonds. The molecule has 0 unspecified atom stereocenters. The van der Waals surface area contributed by atoms with E-state index in [-0.39, 0.29) is 0 Å². The van der Waals surface area contributed by atoms with Crippen LogP contribution in [0.15, 0.2) is 232 Å². The maximum atomic E-state index is 5.17. The van der Waals surface area contributed by atoms with Crippen LogP contribution < -0.4 is 0 Å². The quantitative estimate of drug-likeness (QED) is 0.150. The summed E-state index contributed by atoms with van der Waals surface area (Å²) in [6.07, 6.45) is 11.1. The van der Waals surface area contributed by atoms with Gasteiger partial charge in [0.15, 0.2) is 17.5 Å². The first-order valence-corrected chi connectivity index (χ1v) is 22.0. The summed E-state index contributed by atoms with van der Waals surface area (Å²) in [5.41, 5.74) is 7.40. The van der Waals surface area contributed by atoms with Crippen LogP contribution in [-0.2, 0) is 0 Å². The van der Waals surface area contributed by atoms with Gasteiger partial charge >= 0.3 is 0 Å². The molecule has 9 rings (SSSR count). The molecule has 0 atom stereocenters. The summed E-state index contributed by atoms with van der Waals surface area (Å²) in [5.74, 6) is 2.00. The number of aromatic nitrogens is 3.